The van der Waals surface area contributed by atoms with Crippen molar-refractivity contribution < 1.29 is 18.3 Å². The van der Waals surface area contributed by atoms with Crippen molar-refractivity contribution in [1.82, 2.24) is 9.97 Å². The Morgan fingerprint density at radius 3 is 2.65 bits per heavy atom. The number of nitrogens with zero attached hydrogens (tertiary/aromatic N) is 2. The van der Waals surface area contributed by atoms with E-state index in [4.69, 9.17) is 0 Å². The van der Waals surface area contributed by atoms with E-state index in [1.165, 1.54) is 17.4 Å². The molecule has 2 aromatic carbocycles. The van der Waals surface area contributed by atoms with Crippen LogP contribution in [0.15, 0.2) is 53.9 Å². The highest BCUT2D eigenvalue weighted by Gasteiger charge is 2.16. The number of benzene rings is 2. The molecule has 0 saturated heterocycles. The molecule has 0 bridgehead atoms. The van der Waals surface area contributed by atoms with Crippen molar-refractivity contribution in [2.24, 2.45) is 0 Å². The quantitative estimate of drug-likeness (QED) is 0.415. The van der Waals surface area contributed by atoms with Gasteiger partial charge in [-0.3, -0.25) is 9.78 Å². The number of fused-ring (bicyclic) bond motifs is 1. The first-order chi connectivity index (χ1) is 14.9. The van der Waals surface area contributed by atoms with Gasteiger partial charge in [-0.15, -0.1) is 11.3 Å². The van der Waals surface area contributed by atoms with Gasteiger partial charge in [-0.05, 0) is 43.2 Å². The number of nitrogens with one attached hydrogen (secondary N) is 1. The molecular formula is C23H19F2N3O2S. The third-order valence-corrected chi connectivity index (χ3v) is 5.71. The molecule has 0 fully saturated rings. The smallest absolute Gasteiger partial charge is 0.387 e. The summed E-state index contributed by atoms with van der Waals surface area (Å²) in [5.41, 5.74) is 4.50. The number of aryl methyl sites for hydroxylation is 2. The van der Waals surface area contributed by atoms with Gasteiger partial charge < -0.3 is 10.1 Å². The van der Waals surface area contributed by atoms with E-state index in [1.54, 1.807) is 23.6 Å². The van der Waals surface area contributed by atoms with Crippen LogP contribution >= 0.6 is 11.3 Å². The van der Waals surface area contributed by atoms with Crippen molar-refractivity contribution in [2.45, 2.75) is 26.9 Å². The predicted octanol–water partition coefficient (Wildman–Crippen LogP) is 5.76. The van der Waals surface area contributed by atoms with E-state index in [2.05, 4.69) is 20.0 Å². The zero-order valence-electron chi connectivity index (χ0n) is 16.9. The lowest BCUT2D eigenvalue weighted by Gasteiger charge is -2.12. The van der Waals surface area contributed by atoms with Crippen LogP contribution in [0.25, 0.3) is 22.2 Å². The minimum absolute atomic E-state index is 0.0363. The number of pyridine rings is 1. The lowest BCUT2D eigenvalue weighted by molar-refractivity contribution is -0.115. The second-order valence-corrected chi connectivity index (χ2v) is 7.81. The van der Waals surface area contributed by atoms with Crippen LogP contribution < -0.4 is 10.1 Å². The lowest BCUT2D eigenvalue weighted by Crippen LogP contribution is -2.16. The maximum atomic E-state index is 12.7. The van der Waals surface area contributed by atoms with Crippen molar-refractivity contribution >= 4 is 33.3 Å². The molecule has 0 unspecified atom stereocenters. The number of ether oxygens (including phenoxy) is 1. The molecule has 0 aliphatic rings. The second kappa shape index (κ2) is 8.77. The average Bonchev–Trinajstić information content (AvgIpc) is 3.19. The Morgan fingerprint density at radius 1 is 1.10 bits per heavy atom. The number of alkyl halides is 2. The van der Waals surface area contributed by atoms with Crippen LogP contribution in [0, 0.1) is 13.8 Å². The van der Waals surface area contributed by atoms with E-state index in [-0.39, 0.29) is 18.1 Å². The summed E-state index contributed by atoms with van der Waals surface area (Å²) in [6, 6.07) is 14.2. The zero-order valence-corrected chi connectivity index (χ0v) is 17.7. The standard InChI is InChI=1S/C23H19F2N3O2S/c1-13-15-7-3-5-9-18(15)26-14(2)17(13)11-21(29)28-23-27-19(12-31-23)16-8-4-6-10-20(16)30-22(24)25/h3-10,12,22H,11H2,1-2H3,(H,27,28,29). The molecule has 0 spiro atoms. The first kappa shape index (κ1) is 20.9. The normalized spacial score (nSPS) is 11.1. The first-order valence-corrected chi connectivity index (χ1v) is 10.4. The van der Waals surface area contributed by atoms with E-state index in [9.17, 15) is 13.6 Å². The van der Waals surface area contributed by atoms with Gasteiger partial charge in [0.25, 0.3) is 0 Å². The molecule has 2 aromatic heterocycles. The van der Waals surface area contributed by atoms with Gasteiger partial charge in [0.1, 0.15) is 5.75 Å². The molecule has 8 heteroatoms. The molecular weight excluding hydrogens is 420 g/mol. The highest BCUT2D eigenvalue weighted by atomic mass is 32.1. The van der Waals surface area contributed by atoms with E-state index < -0.39 is 6.61 Å². The van der Waals surface area contributed by atoms with Crippen molar-refractivity contribution in [3.8, 4) is 17.0 Å². The highest BCUT2D eigenvalue weighted by molar-refractivity contribution is 7.14. The number of halogens is 2. The lowest BCUT2D eigenvalue weighted by atomic mass is 9.99. The van der Waals surface area contributed by atoms with Crippen LogP contribution in [0.1, 0.15) is 16.8 Å². The van der Waals surface area contributed by atoms with Crippen LogP contribution in [0.4, 0.5) is 13.9 Å². The SMILES string of the molecule is Cc1nc2ccccc2c(C)c1CC(=O)Nc1nc(-c2ccccc2OC(F)F)cs1. The summed E-state index contributed by atoms with van der Waals surface area (Å²) in [7, 11) is 0. The van der Waals surface area contributed by atoms with Gasteiger partial charge in [0.05, 0.1) is 17.6 Å². The molecule has 0 atom stereocenters. The second-order valence-electron chi connectivity index (χ2n) is 6.96. The summed E-state index contributed by atoms with van der Waals surface area (Å²) in [5, 5.41) is 5.89. The molecule has 0 aliphatic heterocycles. The molecule has 1 N–H and O–H groups in total. The van der Waals surface area contributed by atoms with Crippen molar-refractivity contribution in [1.29, 1.82) is 0 Å². The Kier molecular flexibility index (Phi) is 5.90. The molecule has 2 heterocycles. The molecule has 1 amide bonds. The zero-order chi connectivity index (χ0) is 22.0. The van der Waals surface area contributed by atoms with Gasteiger partial charge >= 0.3 is 6.61 Å². The van der Waals surface area contributed by atoms with Gasteiger partial charge in [-0.2, -0.15) is 8.78 Å². The Morgan fingerprint density at radius 2 is 1.84 bits per heavy atom. The number of para-hydroxylation sites is 2. The van der Waals surface area contributed by atoms with Crippen LogP contribution in [0.2, 0.25) is 0 Å². The third-order valence-electron chi connectivity index (χ3n) is 4.95. The van der Waals surface area contributed by atoms with E-state index in [1.807, 2.05) is 38.1 Å². The average molecular weight is 439 g/mol. The van der Waals surface area contributed by atoms with Gasteiger partial charge in [-0.1, -0.05) is 30.3 Å². The molecule has 0 aliphatic carbocycles. The molecule has 0 saturated carbocycles. The Labute approximate surface area is 181 Å². The summed E-state index contributed by atoms with van der Waals surface area (Å²) in [4.78, 5) is 21.7. The monoisotopic (exact) mass is 439 g/mol. The maximum absolute atomic E-state index is 12.7. The van der Waals surface area contributed by atoms with Gasteiger partial charge in [0.2, 0.25) is 5.91 Å². The fourth-order valence-corrected chi connectivity index (χ4v) is 4.21. The fraction of sp³-hybridized carbons (Fsp3) is 0.174. The minimum atomic E-state index is -2.93. The number of thiazole rings is 1. The Hall–Kier alpha value is -3.39. The highest BCUT2D eigenvalue weighted by Crippen LogP contribution is 2.33. The van der Waals surface area contributed by atoms with Crippen LogP contribution in [-0.2, 0) is 11.2 Å². The fourth-order valence-electron chi connectivity index (χ4n) is 3.49. The number of hydrogen-bond acceptors (Lipinski definition) is 5. The van der Waals surface area contributed by atoms with Crippen LogP contribution in [0.5, 0.6) is 5.75 Å². The number of carbonyl (C=O) groups is 1. The molecule has 5 nitrogen and oxygen atoms in total. The largest absolute Gasteiger partial charge is 0.434 e. The molecule has 31 heavy (non-hydrogen) atoms. The summed E-state index contributed by atoms with van der Waals surface area (Å²) < 4.78 is 29.9. The summed E-state index contributed by atoms with van der Waals surface area (Å²) in [6.45, 7) is 0.950. The number of carbonyl (C=O) groups excluding carboxylic acids is 1. The topological polar surface area (TPSA) is 64.1 Å². The van der Waals surface area contributed by atoms with Gasteiger partial charge in [0.15, 0.2) is 5.13 Å². The van der Waals surface area contributed by atoms with Crippen molar-refractivity contribution in [3.05, 3.63) is 70.7 Å². The number of anilines is 1. The van der Waals surface area contributed by atoms with E-state index in [0.717, 1.165) is 27.7 Å². The molecule has 0 radical (unpaired) electrons. The van der Waals surface area contributed by atoms with Crippen LogP contribution in [-0.4, -0.2) is 22.5 Å². The van der Waals surface area contributed by atoms with Crippen molar-refractivity contribution in [3.63, 3.8) is 0 Å². The van der Waals surface area contributed by atoms with Crippen molar-refractivity contribution in [2.75, 3.05) is 5.32 Å². The number of rotatable bonds is 6. The Bertz CT molecular complexity index is 1260. The Balaban J connectivity index is 1.53. The third kappa shape index (κ3) is 4.54. The maximum Gasteiger partial charge on any atom is 0.387 e. The molecule has 4 aromatic rings. The number of aromatic nitrogens is 2. The molecule has 158 valence electrons. The number of hydrogen-bond donors (Lipinski definition) is 1. The van der Waals surface area contributed by atoms with E-state index >= 15 is 0 Å². The van der Waals surface area contributed by atoms with Gasteiger partial charge in [0, 0.05) is 22.0 Å². The summed E-state index contributed by atoms with van der Waals surface area (Å²) in [6.07, 6.45) is 0.162. The predicted molar refractivity (Wildman–Crippen MR) is 118 cm³/mol. The minimum Gasteiger partial charge on any atom is -0.434 e. The van der Waals surface area contributed by atoms with Gasteiger partial charge in [-0.25, -0.2) is 4.98 Å². The number of amides is 1. The van der Waals surface area contributed by atoms with E-state index in [0.29, 0.717) is 16.4 Å². The summed E-state index contributed by atoms with van der Waals surface area (Å²) >= 11 is 1.22. The summed E-state index contributed by atoms with van der Waals surface area (Å²) in [5.74, 6) is -0.185. The first-order valence-electron chi connectivity index (χ1n) is 9.57. The molecule has 4 rings (SSSR count). The van der Waals surface area contributed by atoms with Crippen LogP contribution in [0.3, 0.4) is 0 Å².